The number of halogens is 4. The Kier molecular flexibility index (Phi) is 6.40. The Bertz CT molecular complexity index is 1360. The number of hydrogen-bond acceptors (Lipinski definition) is 6. The predicted molar refractivity (Wildman–Crippen MR) is 131 cm³/mol. The first-order chi connectivity index (χ1) is 16.8. The number of ether oxygens (including phenoxy) is 1. The van der Waals surface area contributed by atoms with Gasteiger partial charge in [0.2, 0.25) is 0 Å². The first-order valence-corrected chi connectivity index (χ1v) is 11.8. The second kappa shape index (κ2) is 9.63. The molecule has 2 heterocycles. The highest BCUT2D eigenvalue weighted by molar-refractivity contribution is 8.14. The van der Waals surface area contributed by atoms with Gasteiger partial charge in [0.1, 0.15) is 12.1 Å². The smallest absolute Gasteiger partial charge is 0.406 e. The van der Waals surface area contributed by atoms with Crippen molar-refractivity contribution in [1.82, 2.24) is 14.8 Å². The van der Waals surface area contributed by atoms with Crippen LogP contribution in [0, 0.1) is 0 Å². The van der Waals surface area contributed by atoms with E-state index in [-0.39, 0.29) is 11.8 Å². The number of rotatable bonds is 5. The molecule has 1 aromatic heterocycles. The number of benzene rings is 3. The van der Waals surface area contributed by atoms with Crippen LogP contribution in [-0.2, 0) is 0 Å². The first kappa shape index (κ1) is 23.3. The van der Waals surface area contributed by atoms with Crippen molar-refractivity contribution in [3.63, 3.8) is 0 Å². The van der Waals surface area contributed by atoms with E-state index in [1.807, 2.05) is 48.5 Å². The summed E-state index contributed by atoms with van der Waals surface area (Å²) in [5.74, 6) is 1.00. The third-order valence-corrected chi connectivity index (χ3v) is 6.44. The zero-order valence-electron chi connectivity index (χ0n) is 17.9. The van der Waals surface area contributed by atoms with Crippen LogP contribution in [0.5, 0.6) is 5.75 Å². The van der Waals surface area contributed by atoms with E-state index in [9.17, 15) is 13.2 Å². The van der Waals surface area contributed by atoms with Gasteiger partial charge in [-0.25, -0.2) is 9.67 Å². The highest BCUT2D eigenvalue weighted by Crippen LogP contribution is 2.34. The number of thioether (sulfide) groups is 1. The van der Waals surface area contributed by atoms with Gasteiger partial charge in [-0.1, -0.05) is 41.6 Å². The summed E-state index contributed by atoms with van der Waals surface area (Å²) in [4.78, 5) is 9.05. The molecule has 0 saturated carbocycles. The van der Waals surface area contributed by atoms with Crippen molar-refractivity contribution >= 4 is 34.2 Å². The topological polar surface area (TPSA) is 64.3 Å². The normalized spacial score (nSPS) is 15.7. The molecule has 178 valence electrons. The lowest BCUT2D eigenvalue weighted by Crippen LogP contribution is -2.17. The number of nitrogens with zero attached hydrogens (tertiary/aromatic N) is 4. The van der Waals surface area contributed by atoms with Crippen LogP contribution in [0.4, 0.5) is 18.9 Å². The number of hydrogen-bond donors (Lipinski definition) is 1. The Balaban J connectivity index is 1.24. The summed E-state index contributed by atoms with van der Waals surface area (Å²) in [6, 6.07) is 20.7. The molecule has 35 heavy (non-hydrogen) atoms. The van der Waals surface area contributed by atoms with Crippen molar-refractivity contribution in [1.29, 1.82) is 0 Å². The van der Waals surface area contributed by atoms with Crippen LogP contribution < -0.4 is 10.1 Å². The van der Waals surface area contributed by atoms with Crippen molar-refractivity contribution in [3.8, 4) is 22.8 Å². The highest BCUT2D eigenvalue weighted by atomic mass is 35.5. The molecule has 3 aromatic carbocycles. The summed E-state index contributed by atoms with van der Waals surface area (Å²) in [7, 11) is 0. The van der Waals surface area contributed by atoms with Crippen molar-refractivity contribution in [2.75, 3.05) is 11.1 Å². The summed E-state index contributed by atoms with van der Waals surface area (Å²) in [6.45, 7) is 0. The van der Waals surface area contributed by atoms with E-state index in [2.05, 4.69) is 20.1 Å². The summed E-state index contributed by atoms with van der Waals surface area (Å²) in [6.07, 6.45) is -3.23. The molecule has 1 atom stereocenters. The number of alkyl halides is 3. The lowest BCUT2D eigenvalue weighted by atomic mass is 10.1. The molecule has 0 radical (unpaired) electrons. The van der Waals surface area contributed by atoms with Gasteiger partial charge in [0, 0.05) is 22.0 Å². The average Bonchev–Trinajstić information content (AvgIpc) is 3.50. The van der Waals surface area contributed by atoms with E-state index in [4.69, 9.17) is 16.6 Å². The van der Waals surface area contributed by atoms with Crippen molar-refractivity contribution in [2.45, 2.75) is 12.4 Å². The minimum atomic E-state index is -4.73. The minimum Gasteiger partial charge on any atom is -0.406 e. The van der Waals surface area contributed by atoms with E-state index in [0.717, 1.165) is 27.7 Å². The molecule has 0 spiro atoms. The summed E-state index contributed by atoms with van der Waals surface area (Å²) in [5.41, 5.74) is 3.24. The van der Waals surface area contributed by atoms with Gasteiger partial charge in [-0.15, -0.1) is 18.3 Å². The number of aromatic nitrogens is 3. The lowest BCUT2D eigenvalue weighted by molar-refractivity contribution is -0.274. The first-order valence-electron chi connectivity index (χ1n) is 10.4. The standard InChI is InChI=1S/C24H17ClF3N5OS/c25-20-4-2-1-3-19(20)21-13-35-23(31-21)30-16-7-5-15(6-8-16)22-29-14-33(32-22)17-9-11-18(12-10-17)34-24(26,27)28/h1-12,14,21H,13H2,(H,30,31). The molecule has 1 aliphatic rings. The molecule has 5 rings (SSSR count). The van der Waals surface area contributed by atoms with Crippen molar-refractivity contribution in [3.05, 3.63) is 89.7 Å². The van der Waals surface area contributed by atoms with Crippen LogP contribution in [-0.4, -0.2) is 32.0 Å². The van der Waals surface area contributed by atoms with E-state index in [1.54, 1.807) is 11.8 Å². The van der Waals surface area contributed by atoms with Gasteiger partial charge in [0.15, 0.2) is 11.0 Å². The number of aliphatic imine (C=N–C) groups is 1. The molecule has 4 aromatic rings. The van der Waals surface area contributed by atoms with Crippen LogP contribution in [0.25, 0.3) is 17.1 Å². The van der Waals surface area contributed by atoms with Gasteiger partial charge in [-0.2, -0.15) is 0 Å². The van der Waals surface area contributed by atoms with Crippen LogP contribution in [0.3, 0.4) is 0 Å². The molecule has 0 amide bonds. The summed E-state index contributed by atoms with van der Waals surface area (Å²) < 4.78 is 42.4. The molecule has 0 saturated heterocycles. The summed E-state index contributed by atoms with van der Waals surface area (Å²) in [5, 5.41) is 9.28. The Hall–Kier alpha value is -3.50. The molecule has 1 N–H and O–H groups in total. The average molecular weight is 516 g/mol. The lowest BCUT2D eigenvalue weighted by Gasteiger charge is -2.09. The molecule has 0 bridgehead atoms. The summed E-state index contributed by atoms with van der Waals surface area (Å²) >= 11 is 7.93. The molecule has 6 nitrogen and oxygen atoms in total. The van der Waals surface area contributed by atoms with Crippen molar-refractivity contribution < 1.29 is 17.9 Å². The van der Waals surface area contributed by atoms with E-state index in [1.165, 1.54) is 35.3 Å². The van der Waals surface area contributed by atoms with E-state index < -0.39 is 6.36 Å². The van der Waals surface area contributed by atoms with E-state index in [0.29, 0.717) is 16.5 Å². The maximum atomic E-state index is 12.3. The molecule has 1 unspecified atom stereocenters. The van der Waals surface area contributed by atoms with Crippen molar-refractivity contribution in [2.24, 2.45) is 4.99 Å². The molecular weight excluding hydrogens is 499 g/mol. The van der Waals surface area contributed by atoms with Gasteiger partial charge in [0.05, 0.1) is 11.7 Å². The minimum absolute atomic E-state index is 0.0118. The van der Waals surface area contributed by atoms with Crippen LogP contribution in [0.2, 0.25) is 5.02 Å². The fourth-order valence-electron chi connectivity index (χ4n) is 3.49. The number of nitrogens with one attached hydrogen (secondary N) is 1. The van der Waals surface area contributed by atoms with Gasteiger partial charge in [-0.3, -0.25) is 4.99 Å². The zero-order chi connectivity index (χ0) is 24.4. The van der Waals surface area contributed by atoms with Crippen LogP contribution in [0.1, 0.15) is 11.6 Å². The van der Waals surface area contributed by atoms with Gasteiger partial charge in [-0.05, 0) is 60.2 Å². The highest BCUT2D eigenvalue weighted by Gasteiger charge is 2.31. The zero-order valence-corrected chi connectivity index (χ0v) is 19.5. The van der Waals surface area contributed by atoms with Gasteiger partial charge < -0.3 is 10.1 Å². The molecule has 11 heteroatoms. The second-order valence-corrected chi connectivity index (χ2v) is 8.96. The van der Waals surface area contributed by atoms with Gasteiger partial charge in [0.25, 0.3) is 0 Å². The largest absolute Gasteiger partial charge is 0.573 e. The predicted octanol–water partition coefficient (Wildman–Crippen LogP) is 6.74. The maximum absolute atomic E-state index is 12.3. The Morgan fingerprint density at radius 1 is 1.00 bits per heavy atom. The number of amidine groups is 1. The fraction of sp³-hybridized carbons (Fsp3) is 0.125. The molecular formula is C24H17ClF3N5OS. The Labute approximate surface area is 207 Å². The third-order valence-electron chi connectivity index (χ3n) is 5.14. The molecule has 0 aliphatic carbocycles. The quantitative estimate of drug-likeness (QED) is 0.319. The van der Waals surface area contributed by atoms with Crippen LogP contribution in [0.15, 0.2) is 84.1 Å². The van der Waals surface area contributed by atoms with Crippen LogP contribution >= 0.6 is 23.4 Å². The molecule has 0 fully saturated rings. The number of anilines is 1. The van der Waals surface area contributed by atoms with E-state index >= 15 is 0 Å². The second-order valence-electron chi connectivity index (χ2n) is 7.54. The fourth-order valence-corrected chi connectivity index (χ4v) is 4.72. The SMILES string of the molecule is FC(F)(F)Oc1ccc(-n2cnc(-c3ccc(NC4=NC(c5ccccc5Cl)CS4)cc3)n2)cc1. The maximum Gasteiger partial charge on any atom is 0.573 e. The Morgan fingerprint density at radius 3 is 2.46 bits per heavy atom. The Morgan fingerprint density at radius 2 is 1.74 bits per heavy atom. The monoisotopic (exact) mass is 515 g/mol. The van der Waals surface area contributed by atoms with Gasteiger partial charge >= 0.3 is 6.36 Å². The molecule has 1 aliphatic heterocycles. The third kappa shape index (κ3) is 5.60.